The zero-order valence-electron chi connectivity index (χ0n) is 8.58. The molecular weight excluding hydrogens is 167 g/mol. The Kier molecular flexibility index (Phi) is 101. The Morgan fingerprint density at radius 3 is 1.00 bits per heavy atom. The summed E-state index contributed by atoms with van der Waals surface area (Å²) in [7, 11) is 3.75. The average molecular weight is 179 g/mol. The molecule has 0 amide bonds. The van der Waals surface area contributed by atoms with Crippen molar-refractivity contribution in [2.24, 2.45) is 0 Å². The van der Waals surface area contributed by atoms with Crippen molar-refractivity contribution >= 4 is 8.38 Å². The van der Waals surface area contributed by atoms with Crippen LogP contribution in [0.1, 0.15) is 4.28 Å². The first-order valence-corrected chi connectivity index (χ1v) is 0. The van der Waals surface area contributed by atoms with Gasteiger partial charge in [0.15, 0.2) is 0 Å². The van der Waals surface area contributed by atoms with Crippen molar-refractivity contribution in [3.8, 4) is 0 Å². The van der Waals surface area contributed by atoms with E-state index in [0.29, 0.717) is 0 Å². The van der Waals surface area contributed by atoms with Crippen LogP contribution in [0.3, 0.4) is 0 Å². The van der Waals surface area contributed by atoms with Crippen molar-refractivity contribution in [2.75, 3.05) is 0 Å². The van der Waals surface area contributed by atoms with Gasteiger partial charge in [-0.2, -0.15) is 0 Å². The molecule has 0 aromatic rings. The van der Waals surface area contributed by atoms with Gasteiger partial charge >= 0.3 is 206 Å². The van der Waals surface area contributed by atoms with Gasteiger partial charge in [-0.15, -0.1) is 0 Å². The minimum Gasteiger partial charge on any atom is -1.00 e. The van der Waals surface area contributed by atoms with E-state index >= 15 is 0 Å². The molecule has 0 aliphatic carbocycles. The largest absolute Gasteiger partial charge is 1.00 e. The fourth-order valence-corrected chi connectivity index (χ4v) is 0. The van der Waals surface area contributed by atoms with Crippen molar-refractivity contribution in [3.05, 3.63) is 0 Å². The van der Waals surface area contributed by atoms with Gasteiger partial charge in [0.05, 0.1) is 0 Å². The minimum absolute atomic E-state index is 0. The normalized spacial score (nSPS) is 1.40. The maximum Gasteiger partial charge on any atom is 1.00 e. The smallest absolute Gasteiger partial charge is 1.00 e. The first-order valence-electron chi connectivity index (χ1n) is 0.577. The third-order valence-electron chi connectivity index (χ3n) is 0. The molecule has 0 heterocycles. The minimum atomic E-state index is 0. The molecule has 5 heavy (non-hydrogen) atoms. The van der Waals surface area contributed by atoms with E-state index in [1.807, 2.05) is 0 Å². The monoisotopic (exact) mass is 179 g/mol. The van der Waals surface area contributed by atoms with E-state index in [2.05, 4.69) is 8.38 Å². The van der Waals surface area contributed by atoms with Crippen LogP contribution >= 0.6 is 0 Å². The summed E-state index contributed by atoms with van der Waals surface area (Å²) in [4.78, 5) is 0. The van der Waals surface area contributed by atoms with Crippen LogP contribution in [0.4, 0.5) is 0 Å². The van der Waals surface area contributed by atoms with Crippen LogP contribution in [0.25, 0.3) is 0 Å². The van der Waals surface area contributed by atoms with Crippen LogP contribution in [-0.2, 0) is 0 Å². The average Bonchev–Trinajstić information content (AvgIpc) is 1.00. The molecule has 3 radical (unpaired) electrons. The zero-order valence-corrected chi connectivity index (χ0v) is 17.1. The van der Waals surface area contributed by atoms with Crippen LogP contribution in [0.2, 0.25) is 0 Å². The molecule has 0 saturated heterocycles. The second kappa shape index (κ2) is 22.4. The molecule has 0 fully saturated rings. The van der Waals surface area contributed by atoms with Crippen molar-refractivity contribution in [1.29, 1.82) is 1.34 Å². The quantitative estimate of drug-likeness (QED) is 0.324. The maximum absolute atomic E-state index is 5.25. The van der Waals surface area contributed by atoms with E-state index in [9.17, 15) is 0 Å². The van der Waals surface area contributed by atoms with Gasteiger partial charge in [0.1, 0.15) is 0 Å². The van der Waals surface area contributed by atoms with Gasteiger partial charge in [0, 0.05) is 0 Å². The molecular formula is H4BK4. The second-order valence-corrected chi connectivity index (χ2v) is 0. The third-order valence-corrected chi connectivity index (χ3v) is 0. The van der Waals surface area contributed by atoms with E-state index in [1.54, 1.807) is 0 Å². The number of hydrogen-bond acceptors (Lipinski definition) is 0. The Morgan fingerprint density at radius 2 is 1.00 bits per heavy atom. The molecule has 0 aromatic carbocycles. The van der Waals surface area contributed by atoms with Crippen LogP contribution in [0, 0.1) is 0 Å². The van der Waals surface area contributed by atoms with Gasteiger partial charge in [-0.3, -0.25) is 0 Å². The fourth-order valence-electron chi connectivity index (χ4n) is 0. The predicted molar refractivity (Wildman–Crippen MR) is 10.5 cm³/mol. The van der Waals surface area contributed by atoms with Crippen molar-refractivity contribution in [3.63, 3.8) is 0 Å². The Bertz CT molecular complexity index is 12.5. The Morgan fingerprint density at radius 1 is 1.00 bits per heavy atom. The van der Waals surface area contributed by atoms with E-state index in [4.69, 9.17) is 1.34 Å². The topological polar surface area (TPSA) is 0 Å². The number of hydrogen-bond donors (Lipinski definition) is 0. The molecule has 0 N–H and O–H groups in total. The van der Waals surface area contributed by atoms with E-state index < -0.39 is 0 Å². The molecule has 5 heteroatoms. The molecule has 11 valence electrons. The van der Waals surface area contributed by atoms with Gasteiger partial charge in [-0.25, -0.2) is 0 Å². The molecule has 0 bridgehead atoms. The van der Waals surface area contributed by atoms with Gasteiger partial charge < -0.3 is 14.0 Å². The fraction of sp³-hybridized carbons (Fsp3) is 0. The summed E-state index contributed by atoms with van der Waals surface area (Å²) in [6.07, 6.45) is 0. The van der Waals surface area contributed by atoms with Gasteiger partial charge in [0.25, 0.3) is 0 Å². The van der Waals surface area contributed by atoms with Crippen molar-refractivity contribution in [2.45, 2.75) is 0 Å². The van der Waals surface area contributed by atoms with Crippen LogP contribution in [0.15, 0.2) is 0 Å². The zero-order chi connectivity index (χ0) is 2.00. The molecule has 0 unspecified atom stereocenters. The molecule has 0 spiro atoms. The van der Waals surface area contributed by atoms with E-state index in [0.717, 1.165) is 0 Å². The summed E-state index contributed by atoms with van der Waals surface area (Å²) in [6.45, 7) is 0. The molecule has 0 aliphatic heterocycles. The van der Waals surface area contributed by atoms with Crippen molar-refractivity contribution in [1.82, 2.24) is 0 Å². The summed E-state index contributed by atoms with van der Waals surface area (Å²) in [5.41, 5.74) is 0. The van der Waals surface area contributed by atoms with Crippen molar-refractivity contribution < 1.29 is 210 Å². The molecule has 0 saturated carbocycles. The molecule has 0 atom stereocenters. The van der Waals surface area contributed by atoms with Gasteiger partial charge in [-0.05, 0) is 0 Å². The number of rotatable bonds is 0. The summed E-state index contributed by atoms with van der Waals surface area (Å²) in [5, 5.41) is 0. The third kappa shape index (κ3) is 18.0. The first-order chi connectivity index (χ1) is 1.00. The van der Waals surface area contributed by atoms with E-state index in [-0.39, 0.29) is 210 Å². The second-order valence-electron chi connectivity index (χ2n) is 0. The van der Waals surface area contributed by atoms with Crippen LogP contribution in [0.5, 0.6) is 0 Å². The Hall–Kier alpha value is 6.61. The molecule has 0 nitrogen and oxygen atoms in total. The predicted octanol–water partition coefficient (Wildman–Crippen LogP) is -12.3. The molecule has 0 aromatic heterocycles. The Labute approximate surface area is 211 Å². The standard InChI is InChI=1S/BH.4K.3H/h1H;;;;;;;/q-1;4*+1;3*-1/i1T;;;;;3*1+2. The van der Waals surface area contributed by atoms with Gasteiger partial charge in [0.2, 0.25) is 0 Å². The van der Waals surface area contributed by atoms with Crippen LogP contribution in [-0.4, -0.2) is 9.71 Å². The molecule has 0 rings (SSSR count). The summed E-state index contributed by atoms with van der Waals surface area (Å²) in [6, 6.07) is 0. The van der Waals surface area contributed by atoms with Gasteiger partial charge in [-0.1, -0.05) is 0 Å². The Balaban J connectivity index is -0.000000000238. The summed E-state index contributed by atoms with van der Waals surface area (Å²) >= 11 is 0. The first kappa shape index (κ1) is 22.6. The SMILES string of the molecule is [3H-].[3H-].[3H-].[3H][B-].[K+].[K+].[K+].[K+]. The summed E-state index contributed by atoms with van der Waals surface area (Å²) < 4.78 is 5.25. The van der Waals surface area contributed by atoms with E-state index in [1.165, 1.54) is 0 Å². The van der Waals surface area contributed by atoms with Crippen LogP contribution < -0.4 is 206 Å². The maximum atomic E-state index is 5.25. The summed E-state index contributed by atoms with van der Waals surface area (Å²) in [5.74, 6) is 0. The molecule has 0 aliphatic rings.